The van der Waals surface area contributed by atoms with Crippen LogP contribution in [0.2, 0.25) is 0 Å². The van der Waals surface area contributed by atoms with Crippen LogP contribution in [-0.4, -0.2) is 96.7 Å². The van der Waals surface area contributed by atoms with Gasteiger partial charge in [-0.05, 0) is 65.3 Å². The fraction of sp³-hybridized carbons (Fsp3) is 0.364. The fourth-order valence-electron chi connectivity index (χ4n) is 4.72. The van der Waals surface area contributed by atoms with Gasteiger partial charge in [0.15, 0.2) is 0 Å². The third kappa shape index (κ3) is 8.33. The molecule has 5 rings (SSSR count). The Hall–Kier alpha value is -4.41. The van der Waals surface area contributed by atoms with Gasteiger partial charge in [0.25, 0.3) is 0 Å². The quantitative estimate of drug-likeness (QED) is 0.150. The van der Waals surface area contributed by atoms with E-state index in [-0.39, 0.29) is 5.91 Å². The third-order valence-electron chi connectivity index (χ3n) is 7.05. The number of ether oxygens (including phenoxy) is 2. The number of aromatic nitrogens is 4. The van der Waals surface area contributed by atoms with E-state index in [2.05, 4.69) is 34.3 Å². The van der Waals surface area contributed by atoms with Crippen LogP contribution in [0.15, 0.2) is 60.7 Å². The number of aromatic amines is 2. The Morgan fingerprint density at radius 2 is 1.23 bits per heavy atom. The van der Waals surface area contributed by atoms with Gasteiger partial charge in [0.1, 0.15) is 23.1 Å². The highest BCUT2D eigenvalue weighted by Crippen LogP contribution is 2.28. The molecular weight excluding hydrogens is 542 g/mol. The minimum atomic E-state index is 0.0517. The van der Waals surface area contributed by atoms with Gasteiger partial charge in [0.2, 0.25) is 5.91 Å². The molecule has 3 aromatic carbocycles. The molecule has 3 N–H and O–H groups in total. The molecule has 5 aromatic rings. The van der Waals surface area contributed by atoms with Crippen LogP contribution in [0.3, 0.4) is 0 Å². The second-order valence-corrected chi connectivity index (χ2v) is 11.2. The highest BCUT2D eigenvalue weighted by atomic mass is 16.5. The molecule has 226 valence electrons. The minimum absolute atomic E-state index is 0.0517. The Bertz CT molecular complexity index is 1640. The lowest BCUT2D eigenvalue weighted by atomic mass is 10.1. The maximum Gasteiger partial charge on any atom is 0.220 e. The van der Waals surface area contributed by atoms with E-state index in [0.29, 0.717) is 32.6 Å². The third-order valence-corrected chi connectivity index (χ3v) is 7.05. The normalized spacial score (nSPS) is 11.6. The Morgan fingerprint density at radius 1 is 0.721 bits per heavy atom. The molecule has 0 saturated heterocycles. The molecule has 2 aromatic heterocycles. The molecule has 0 saturated carbocycles. The summed E-state index contributed by atoms with van der Waals surface area (Å²) in [5.74, 6) is 3.24. The van der Waals surface area contributed by atoms with Gasteiger partial charge in [-0.1, -0.05) is 24.3 Å². The zero-order valence-corrected chi connectivity index (χ0v) is 25.4. The van der Waals surface area contributed by atoms with Crippen LogP contribution in [-0.2, 0) is 4.79 Å². The number of likely N-dealkylation sites (N-methyl/N-ethyl adjacent to an activating group) is 1. The lowest BCUT2D eigenvalue weighted by molar-refractivity contribution is -0.121. The average Bonchev–Trinajstić information content (AvgIpc) is 3.61. The Labute approximate surface area is 252 Å². The average molecular weight is 584 g/mol. The first-order valence-corrected chi connectivity index (χ1v) is 14.8. The number of fused-ring (bicyclic) bond motifs is 2. The summed E-state index contributed by atoms with van der Waals surface area (Å²) in [5.41, 5.74) is 5.58. The van der Waals surface area contributed by atoms with Gasteiger partial charge in [-0.15, -0.1) is 0 Å². The minimum Gasteiger partial charge on any atom is -0.494 e. The number of hydrogen-bond donors (Lipinski definition) is 3. The van der Waals surface area contributed by atoms with Crippen molar-refractivity contribution in [1.82, 2.24) is 35.1 Å². The van der Waals surface area contributed by atoms with Crippen LogP contribution < -0.4 is 14.8 Å². The molecular formula is C33H41N7O3. The number of rotatable bonds is 15. The number of amides is 1. The maximum atomic E-state index is 11.9. The molecule has 10 heteroatoms. The van der Waals surface area contributed by atoms with E-state index in [9.17, 15) is 4.79 Å². The molecule has 43 heavy (non-hydrogen) atoms. The maximum absolute atomic E-state index is 11.9. The number of nitrogens with zero attached hydrogens (tertiary/aromatic N) is 4. The number of hydrogen-bond acceptors (Lipinski definition) is 7. The summed E-state index contributed by atoms with van der Waals surface area (Å²) in [6.07, 6.45) is 2.08. The van der Waals surface area contributed by atoms with Gasteiger partial charge in [0.05, 0.1) is 35.3 Å². The van der Waals surface area contributed by atoms with Crippen LogP contribution in [0.1, 0.15) is 19.3 Å². The first-order valence-electron chi connectivity index (χ1n) is 14.8. The van der Waals surface area contributed by atoms with Crippen molar-refractivity contribution >= 4 is 28.0 Å². The van der Waals surface area contributed by atoms with E-state index >= 15 is 0 Å². The lowest BCUT2D eigenvalue weighted by Gasteiger charge is -2.10. The molecule has 0 bridgehead atoms. The van der Waals surface area contributed by atoms with Gasteiger partial charge >= 0.3 is 0 Å². The lowest BCUT2D eigenvalue weighted by Crippen LogP contribution is -2.31. The van der Waals surface area contributed by atoms with Crippen molar-refractivity contribution in [3.8, 4) is 34.3 Å². The van der Waals surface area contributed by atoms with E-state index < -0.39 is 0 Å². The van der Waals surface area contributed by atoms with Crippen molar-refractivity contribution in [3.63, 3.8) is 0 Å². The fourth-order valence-corrected chi connectivity index (χ4v) is 4.72. The van der Waals surface area contributed by atoms with Gasteiger partial charge in [-0.3, -0.25) is 4.79 Å². The van der Waals surface area contributed by atoms with Crippen LogP contribution in [0.5, 0.6) is 11.5 Å². The molecule has 2 heterocycles. The molecule has 0 unspecified atom stereocenters. The van der Waals surface area contributed by atoms with Crippen molar-refractivity contribution < 1.29 is 14.3 Å². The molecule has 0 fully saturated rings. The Balaban J connectivity index is 1.17. The zero-order chi connectivity index (χ0) is 30.2. The summed E-state index contributed by atoms with van der Waals surface area (Å²) in [6, 6.07) is 19.9. The number of nitrogens with one attached hydrogen (secondary N) is 3. The molecule has 0 aliphatic carbocycles. The van der Waals surface area contributed by atoms with E-state index in [1.807, 2.05) is 79.7 Å². The highest BCUT2D eigenvalue weighted by molar-refractivity contribution is 5.83. The summed E-state index contributed by atoms with van der Waals surface area (Å²) in [4.78, 5) is 32.5. The standard InChI is InChI=1S/C33H41N7O3/c1-39(2)17-6-20-43-26-13-15-28-30(22-26)38-33(36-28)24-10-8-23(9-11-24)32-35-27-14-12-25(21-29(27)37-32)42-19-5-7-31(41)34-16-18-40(3)4/h8-15,21-22H,5-7,16-20H2,1-4H3,(H,34,41)(H,35,37)(H,36,38). The molecule has 1 amide bonds. The summed E-state index contributed by atoms with van der Waals surface area (Å²) in [5, 5.41) is 2.93. The van der Waals surface area contributed by atoms with Crippen molar-refractivity contribution in [1.29, 1.82) is 0 Å². The van der Waals surface area contributed by atoms with E-state index in [1.54, 1.807) is 0 Å². The first kappa shape index (κ1) is 30.1. The summed E-state index contributed by atoms with van der Waals surface area (Å²) >= 11 is 0. The van der Waals surface area contributed by atoms with E-state index in [4.69, 9.17) is 19.4 Å². The molecule has 0 aliphatic heterocycles. The zero-order valence-electron chi connectivity index (χ0n) is 25.4. The van der Waals surface area contributed by atoms with Crippen molar-refractivity contribution in [2.24, 2.45) is 0 Å². The molecule has 10 nitrogen and oxygen atoms in total. The van der Waals surface area contributed by atoms with Gasteiger partial charge in [-0.25, -0.2) is 9.97 Å². The Kier molecular flexibility index (Phi) is 9.91. The second kappa shape index (κ2) is 14.2. The van der Waals surface area contributed by atoms with Crippen molar-refractivity contribution in [3.05, 3.63) is 60.7 Å². The Morgan fingerprint density at radius 3 is 1.74 bits per heavy atom. The predicted octanol–water partition coefficient (Wildman–Crippen LogP) is 4.94. The van der Waals surface area contributed by atoms with Gasteiger partial charge in [0, 0.05) is 49.3 Å². The van der Waals surface area contributed by atoms with Crippen LogP contribution in [0.25, 0.3) is 44.8 Å². The number of benzene rings is 3. The van der Waals surface area contributed by atoms with Crippen LogP contribution >= 0.6 is 0 Å². The van der Waals surface area contributed by atoms with Crippen LogP contribution in [0, 0.1) is 0 Å². The first-order chi connectivity index (χ1) is 20.8. The summed E-state index contributed by atoms with van der Waals surface area (Å²) in [6.45, 7) is 3.63. The van der Waals surface area contributed by atoms with Crippen molar-refractivity contribution in [2.45, 2.75) is 19.3 Å². The molecule has 0 spiro atoms. The number of imidazole rings is 2. The van der Waals surface area contributed by atoms with Gasteiger partial charge < -0.3 is 34.6 Å². The van der Waals surface area contributed by atoms with E-state index in [0.717, 1.165) is 75.9 Å². The van der Waals surface area contributed by atoms with Crippen molar-refractivity contribution in [2.75, 3.05) is 61.0 Å². The summed E-state index contributed by atoms with van der Waals surface area (Å²) < 4.78 is 11.8. The molecule has 0 radical (unpaired) electrons. The second-order valence-electron chi connectivity index (χ2n) is 11.2. The van der Waals surface area contributed by atoms with Gasteiger partial charge in [-0.2, -0.15) is 0 Å². The largest absolute Gasteiger partial charge is 0.494 e. The summed E-state index contributed by atoms with van der Waals surface area (Å²) in [7, 11) is 8.10. The molecule has 0 atom stereocenters. The van der Waals surface area contributed by atoms with Crippen LogP contribution in [0.4, 0.5) is 0 Å². The monoisotopic (exact) mass is 583 g/mol. The topological polar surface area (TPSA) is 111 Å². The number of carbonyl (C=O) groups excluding carboxylic acids is 1. The number of carbonyl (C=O) groups is 1. The SMILES string of the molecule is CN(C)CCCOc1ccc2nc(-c3ccc(-c4nc5ccc(OCCCC(=O)NCCN(C)C)cc5[nH]4)cc3)[nH]c2c1. The smallest absolute Gasteiger partial charge is 0.220 e. The highest BCUT2D eigenvalue weighted by Gasteiger charge is 2.10. The molecule has 0 aliphatic rings. The van der Waals surface area contributed by atoms with E-state index in [1.165, 1.54) is 0 Å². The predicted molar refractivity (Wildman–Crippen MR) is 172 cm³/mol. The number of H-pyrrole nitrogens is 2.